The highest BCUT2D eigenvalue weighted by molar-refractivity contribution is 5.85. The molecule has 0 bridgehead atoms. The van der Waals surface area contributed by atoms with E-state index in [1.165, 1.54) is 10.8 Å². The zero-order valence-corrected chi connectivity index (χ0v) is 12.7. The number of carbonyl (C=O) groups is 1. The van der Waals surface area contributed by atoms with E-state index in [2.05, 4.69) is 4.98 Å². The molecule has 1 saturated heterocycles. The van der Waals surface area contributed by atoms with Crippen molar-refractivity contribution in [2.24, 2.45) is 5.73 Å². The van der Waals surface area contributed by atoms with E-state index in [0.29, 0.717) is 18.9 Å². The molecular formula is C12H20ClN5O3. The average Bonchev–Trinajstić information content (AvgIpc) is 2.80. The second kappa shape index (κ2) is 7.37. The number of aryl methyl sites for hydroxylation is 1. The molecular weight excluding hydrogens is 298 g/mol. The predicted octanol–water partition coefficient (Wildman–Crippen LogP) is 0.861. The minimum absolute atomic E-state index is 0. The molecule has 1 aromatic rings. The van der Waals surface area contributed by atoms with Gasteiger partial charge in [0.15, 0.2) is 0 Å². The van der Waals surface area contributed by atoms with E-state index in [9.17, 15) is 14.9 Å². The van der Waals surface area contributed by atoms with Crippen LogP contribution in [0.4, 0.5) is 5.82 Å². The number of likely N-dealkylation sites (tertiary alicyclic amines) is 1. The summed E-state index contributed by atoms with van der Waals surface area (Å²) in [6.45, 7) is 2.88. The summed E-state index contributed by atoms with van der Waals surface area (Å²) < 4.78 is 1.52. The summed E-state index contributed by atoms with van der Waals surface area (Å²) in [5.74, 6) is 0.172. The second-order valence-electron chi connectivity index (χ2n) is 5.00. The fourth-order valence-electron chi connectivity index (χ4n) is 2.55. The van der Waals surface area contributed by atoms with Gasteiger partial charge in [0, 0.05) is 26.1 Å². The number of piperidine rings is 1. The molecule has 0 aliphatic carbocycles. The number of hydrogen-bond donors (Lipinski definition) is 1. The third kappa shape index (κ3) is 3.92. The van der Waals surface area contributed by atoms with Gasteiger partial charge in [0.2, 0.25) is 11.7 Å². The summed E-state index contributed by atoms with van der Waals surface area (Å²) >= 11 is 0. The monoisotopic (exact) mass is 317 g/mol. The van der Waals surface area contributed by atoms with Crippen molar-refractivity contribution in [3.05, 3.63) is 22.1 Å². The molecule has 1 aliphatic heterocycles. The van der Waals surface area contributed by atoms with E-state index >= 15 is 0 Å². The summed E-state index contributed by atoms with van der Waals surface area (Å²) in [5.41, 5.74) is 5.70. The molecule has 8 nitrogen and oxygen atoms in total. The molecule has 1 unspecified atom stereocenters. The van der Waals surface area contributed by atoms with Gasteiger partial charge in [0.25, 0.3) is 0 Å². The molecule has 1 aliphatic rings. The topological polar surface area (TPSA) is 107 Å². The molecule has 0 radical (unpaired) electrons. The van der Waals surface area contributed by atoms with Crippen LogP contribution in [0.25, 0.3) is 0 Å². The predicted molar refractivity (Wildman–Crippen MR) is 79.3 cm³/mol. The van der Waals surface area contributed by atoms with Gasteiger partial charge in [0.05, 0.1) is 0 Å². The molecule has 2 heterocycles. The lowest BCUT2D eigenvalue weighted by Gasteiger charge is -2.35. The number of imidazole rings is 1. The quantitative estimate of drug-likeness (QED) is 0.654. The van der Waals surface area contributed by atoms with Gasteiger partial charge in [-0.05, 0) is 29.2 Å². The third-order valence-electron chi connectivity index (χ3n) is 3.68. The highest BCUT2D eigenvalue weighted by atomic mass is 35.5. The number of halogens is 1. The van der Waals surface area contributed by atoms with Crippen LogP contribution in [0, 0.1) is 17.0 Å². The first-order chi connectivity index (χ1) is 9.52. The van der Waals surface area contributed by atoms with E-state index < -0.39 is 4.92 Å². The first-order valence-corrected chi connectivity index (χ1v) is 6.70. The molecule has 9 heteroatoms. The minimum Gasteiger partial charge on any atom is -0.358 e. The molecule has 2 rings (SSSR count). The Kier molecular flexibility index (Phi) is 6.10. The molecule has 0 aromatic carbocycles. The number of aromatic nitrogens is 2. The SMILES string of the molecule is Cc1nc([N+](=O)[O-])cn1CC(=O)N1CCCCC1CN.Cl. The lowest BCUT2D eigenvalue weighted by atomic mass is 10.0. The fraction of sp³-hybridized carbons (Fsp3) is 0.667. The lowest BCUT2D eigenvalue weighted by Crippen LogP contribution is -2.48. The molecule has 1 atom stereocenters. The van der Waals surface area contributed by atoms with Crippen molar-refractivity contribution in [2.45, 2.75) is 38.8 Å². The van der Waals surface area contributed by atoms with Gasteiger partial charge in [-0.15, -0.1) is 12.4 Å². The van der Waals surface area contributed by atoms with Crippen LogP contribution in [0.1, 0.15) is 25.1 Å². The van der Waals surface area contributed by atoms with Gasteiger partial charge in [-0.25, -0.2) is 0 Å². The summed E-state index contributed by atoms with van der Waals surface area (Å²) in [5, 5.41) is 10.7. The average molecular weight is 318 g/mol. The van der Waals surface area contributed by atoms with Crippen molar-refractivity contribution in [1.82, 2.24) is 14.5 Å². The van der Waals surface area contributed by atoms with Crippen molar-refractivity contribution in [3.63, 3.8) is 0 Å². The zero-order valence-electron chi connectivity index (χ0n) is 11.9. The van der Waals surface area contributed by atoms with Crippen LogP contribution in [0.2, 0.25) is 0 Å². The van der Waals surface area contributed by atoms with Gasteiger partial charge in [0.1, 0.15) is 12.7 Å². The van der Waals surface area contributed by atoms with Gasteiger partial charge in [-0.1, -0.05) is 0 Å². The number of amides is 1. The highest BCUT2D eigenvalue weighted by Gasteiger charge is 2.26. The van der Waals surface area contributed by atoms with Crippen LogP contribution < -0.4 is 5.73 Å². The van der Waals surface area contributed by atoms with E-state index in [1.54, 1.807) is 11.8 Å². The van der Waals surface area contributed by atoms with Crippen molar-refractivity contribution in [1.29, 1.82) is 0 Å². The second-order valence-corrected chi connectivity index (χ2v) is 5.00. The molecule has 2 N–H and O–H groups in total. The summed E-state index contributed by atoms with van der Waals surface area (Å²) in [4.78, 5) is 28.0. The molecule has 0 spiro atoms. The number of nitrogens with two attached hydrogens (primary N) is 1. The van der Waals surface area contributed by atoms with Crippen LogP contribution >= 0.6 is 12.4 Å². The lowest BCUT2D eigenvalue weighted by molar-refractivity contribution is -0.389. The number of carbonyl (C=O) groups excluding carboxylic acids is 1. The smallest absolute Gasteiger partial charge is 0.358 e. The van der Waals surface area contributed by atoms with Crippen LogP contribution in [-0.2, 0) is 11.3 Å². The molecule has 118 valence electrons. The van der Waals surface area contributed by atoms with Crippen LogP contribution in [0.5, 0.6) is 0 Å². The number of nitro groups is 1. The van der Waals surface area contributed by atoms with E-state index in [1.807, 2.05) is 0 Å². The van der Waals surface area contributed by atoms with Crippen LogP contribution in [-0.4, -0.2) is 44.4 Å². The van der Waals surface area contributed by atoms with Crippen molar-refractivity contribution >= 4 is 24.1 Å². The van der Waals surface area contributed by atoms with Gasteiger partial charge in [-0.3, -0.25) is 9.36 Å². The molecule has 21 heavy (non-hydrogen) atoms. The highest BCUT2D eigenvalue weighted by Crippen LogP contribution is 2.17. The Balaban J connectivity index is 0.00000220. The van der Waals surface area contributed by atoms with Gasteiger partial charge >= 0.3 is 5.82 Å². The summed E-state index contributed by atoms with van der Waals surface area (Å²) in [6, 6.07) is 0.0788. The fourth-order valence-corrected chi connectivity index (χ4v) is 2.55. The molecule has 1 fully saturated rings. The van der Waals surface area contributed by atoms with Crippen molar-refractivity contribution in [2.75, 3.05) is 13.1 Å². The van der Waals surface area contributed by atoms with Crippen molar-refractivity contribution in [3.8, 4) is 0 Å². The Bertz CT molecular complexity index is 519. The van der Waals surface area contributed by atoms with E-state index in [-0.39, 0.29) is 36.7 Å². The maximum absolute atomic E-state index is 12.3. The Labute approximate surface area is 128 Å². The van der Waals surface area contributed by atoms with Gasteiger partial charge in [-0.2, -0.15) is 0 Å². The van der Waals surface area contributed by atoms with E-state index in [0.717, 1.165) is 19.3 Å². The van der Waals surface area contributed by atoms with Crippen molar-refractivity contribution < 1.29 is 9.72 Å². The van der Waals surface area contributed by atoms with Crippen LogP contribution in [0.15, 0.2) is 6.20 Å². The first-order valence-electron chi connectivity index (χ1n) is 6.70. The summed E-state index contributed by atoms with van der Waals surface area (Å²) in [7, 11) is 0. The Morgan fingerprint density at radius 1 is 1.57 bits per heavy atom. The summed E-state index contributed by atoms with van der Waals surface area (Å²) in [6.07, 6.45) is 4.28. The normalized spacial score (nSPS) is 18.2. The third-order valence-corrected chi connectivity index (χ3v) is 3.68. The maximum Gasteiger partial charge on any atom is 0.381 e. The Morgan fingerprint density at radius 3 is 2.86 bits per heavy atom. The molecule has 0 saturated carbocycles. The standard InChI is InChI=1S/C12H19N5O3.ClH/c1-9-14-11(17(19)20)7-15(9)8-12(18)16-5-3-2-4-10(16)6-13;/h7,10H,2-6,8,13H2,1H3;1H. The van der Waals surface area contributed by atoms with Crippen LogP contribution in [0.3, 0.4) is 0 Å². The maximum atomic E-state index is 12.3. The first kappa shape index (κ1) is 17.4. The Hall–Kier alpha value is -1.67. The molecule has 1 aromatic heterocycles. The zero-order chi connectivity index (χ0) is 14.7. The van der Waals surface area contributed by atoms with E-state index in [4.69, 9.17) is 5.73 Å². The Morgan fingerprint density at radius 2 is 2.29 bits per heavy atom. The molecule has 1 amide bonds. The number of hydrogen-bond acceptors (Lipinski definition) is 5. The largest absolute Gasteiger partial charge is 0.381 e. The minimum atomic E-state index is -0.558. The number of nitrogens with zero attached hydrogens (tertiary/aromatic N) is 4. The van der Waals surface area contributed by atoms with Gasteiger partial charge < -0.3 is 20.7 Å². The number of rotatable bonds is 4.